The van der Waals surface area contributed by atoms with Gasteiger partial charge in [0, 0.05) is 6.61 Å². The molecule has 1 aromatic carbocycles. The number of hydrogen-bond donors (Lipinski definition) is 2. The van der Waals surface area contributed by atoms with E-state index in [0.717, 1.165) is 16.6 Å². The summed E-state index contributed by atoms with van der Waals surface area (Å²) >= 11 is 1.47. The van der Waals surface area contributed by atoms with Crippen LogP contribution in [0.1, 0.15) is 6.42 Å². The average molecular weight is 263 g/mol. The summed E-state index contributed by atoms with van der Waals surface area (Å²) in [7, 11) is 0. The average Bonchev–Trinajstić information content (AvgIpc) is 2.96. The number of rotatable bonds is 2. The molecule has 2 aromatic rings. The summed E-state index contributed by atoms with van der Waals surface area (Å²) < 4.78 is 6.27. The highest BCUT2D eigenvalue weighted by Crippen LogP contribution is 2.25. The number of nitrogens with one attached hydrogen (secondary N) is 2. The lowest BCUT2D eigenvalue weighted by Crippen LogP contribution is -2.38. The van der Waals surface area contributed by atoms with Gasteiger partial charge < -0.3 is 10.1 Å². The second-order valence-corrected chi connectivity index (χ2v) is 5.18. The molecule has 94 valence electrons. The zero-order valence-electron chi connectivity index (χ0n) is 9.68. The highest BCUT2D eigenvalue weighted by molar-refractivity contribution is 7.22. The van der Waals surface area contributed by atoms with Gasteiger partial charge in [-0.2, -0.15) is 0 Å². The maximum Gasteiger partial charge on any atom is 0.321 e. The highest BCUT2D eigenvalue weighted by Gasteiger charge is 2.18. The maximum atomic E-state index is 11.7. The van der Waals surface area contributed by atoms with Crippen LogP contribution in [-0.4, -0.2) is 30.3 Å². The number of carbonyl (C=O) groups is 1. The summed E-state index contributed by atoms with van der Waals surface area (Å²) in [6.45, 7) is 1.30. The molecule has 0 saturated carbocycles. The molecule has 18 heavy (non-hydrogen) atoms. The highest BCUT2D eigenvalue weighted by atomic mass is 32.1. The van der Waals surface area contributed by atoms with Crippen LogP contribution in [0.3, 0.4) is 0 Å². The first kappa shape index (κ1) is 11.4. The SMILES string of the molecule is O=C(Nc1nc2ccccc2s1)NC1CCOC1. The first-order chi connectivity index (χ1) is 8.81. The lowest BCUT2D eigenvalue weighted by Gasteiger charge is -2.09. The molecular formula is C12H13N3O2S. The Bertz CT molecular complexity index is 530. The summed E-state index contributed by atoms with van der Waals surface area (Å²) in [6, 6.07) is 7.70. The van der Waals surface area contributed by atoms with Crippen molar-refractivity contribution in [3.63, 3.8) is 0 Å². The maximum absolute atomic E-state index is 11.7. The lowest BCUT2D eigenvalue weighted by atomic mass is 10.3. The van der Waals surface area contributed by atoms with Gasteiger partial charge in [0.15, 0.2) is 5.13 Å². The summed E-state index contributed by atoms with van der Waals surface area (Å²) in [5.41, 5.74) is 0.905. The second kappa shape index (κ2) is 4.91. The Balaban J connectivity index is 1.66. The first-order valence-corrected chi connectivity index (χ1v) is 6.64. The molecule has 1 saturated heterocycles. The predicted molar refractivity (Wildman–Crippen MR) is 71.0 cm³/mol. The largest absolute Gasteiger partial charge is 0.379 e. The van der Waals surface area contributed by atoms with Crippen molar-refractivity contribution < 1.29 is 9.53 Å². The van der Waals surface area contributed by atoms with Gasteiger partial charge in [0.05, 0.1) is 22.9 Å². The number of para-hydroxylation sites is 1. The van der Waals surface area contributed by atoms with Crippen molar-refractivity contribution in [2.24, 2.45) is 0 Å². The van der Waals surface area contributed by atoms with E-state index in [2.05, 4.69) is 15.6 Å². The molecule has 3 rings (SSSR count). The summed E-state index contributed by atoms with van der Waals surface area (Å²) in [5.74, 6) is 0. The molecule has 1 unspecified atom stereocenters. The third kappa shape index (κ3) is 2.44. The van der Waals surface area contributed by atoms with E-state index in [-0.39, 0.29) is 12.1 Å². The van der Waals surface area contributed by atoms with Crippen LogP contribution in [0, 0.1) is 0 Å². The summed E-state index contributed by atoms with van der Waals surface area (Å²) in [5, 5.41) is 6.24. The number of amides is 2. The Morgan fingerprint density at radius 1 is 1.44 bits per heavy atom. The van der Waals surface area contributed by atoms with Gasteiger partial charge in [-0.3, -0.25) is 5.32 Å². The molecule has 0 aliphatic carbocycles. The third-order valence-corrected chi connectivity index (χ3v) is 3.73. The molecule has 1 atom stereocenters. The van der Waals surface area contributed by atoms with E-state index >= 15 is 0 Å². The Morgan fingerprint density at radius 3 is 3.11 bits per heavy atom. The van der Waals surface area contributed by atoms with Crippen LogP contribution < -0.4 is 10.6 Å². The van der Waals surface area contributed by atoms with Gasteiger partial charge in [0.25, 0.3) is 0 Å². The van der Waals surface area contributed by atoms with Gasteiger partial charge in [-0.25, -0.2) is 9.78 Å². The molecule has 1 fully saturated rings. The van der Waals surface area contributed by atoms with Crippen molar-refractivity contribution >= 4 is 32.7 Å². The van der Waals surface area contributed by atoms with Gasteiger partial charge in [-0.1, -0.05) is 23.5 Å². The zero-order valence-corrected chi connectivity index (χ0v) is 10.5. The molecule has 2 N–H and O–H groups in total. The third-order valence-electron chi connectivity index (χ3n) is 2.78. The summed E-state index contributed by atoms with van der Waals surface area (Å²) in [4.78, 5) is 16.1. The second-order valence-electron chi connectivity index (χ2n) is 4.15. The number of nitrogens with zero attached hydrogens (tertiary/aromatic N) is 1. The minimum Gasteiger partial charge on any atom is -0.379 e. The van der Waals surface area contributed by atoms with Gasteiger partial charge in [0.2, 0.25) is 0 Å². The van der Waals surface area contributed by atoms with Crippen molar-refractivity contribution in [1.29, 1.82) is 0 Å². The van der Waals surface area contributed by atoms with Crippen LogP contribution >= 0.6 is 11.3 Å². The van der Waals surface area contributed by atoms with Crippen molar-refractivity contribution in [2.75, 3.05) is 18.5 Å². The van der Waals surface area contributed by atoms with E-state index in [1.54, 1.807) is 0 Å². The number of ether oxygens (including phenoxy) is 1. The van der Waals surface area contributed by atoms with Crippen LogP contribution in [0.15, 0.2) is 24.3 Å². The number of aromatic nitrogens is 1. The number of benzene rings is 1. The zero-order chi connectivity index (χ0) is 12.4. The Kier molecular flexibility index (Phi) is 3.12. The number of fused-ring (bicyclic) bond motifs is 1. The number of anilines is 1. The van der Waals surface area contributed by atoms with Crippen LogP contribution in [-0.2, 0) is 4.74 Å². The molecule has 2 heterocycles. The summed E-state index contributed by atoms with van der Waals surface area (Å²) in [6.07, 6.45) is 0.868. The molecule has 2 amide bonds. The van der Waals surface area contributed by atoms with E-state index in [0.29, 0.717) is 18.3 Å². The van der Waals surface area contributed by atoms with Gasteiger partial charge in [-0.05, 0) is 18.6 Å². The van der Waals surface area contributed by atoms with E-state index in [9.17, 15) is 4.79 Å². The molecule has 5 nitrogen and oxygen atoms in total. The van der Waals surface area contributed by atoms with Gasteiger partial charge in [-0.15, -0.1) is 0 Å². The standard InChI is InChI=1S/C12H13N3O2S/c16-11(13-8-5-6-17-7-8)15-12-14-9-3-1-2-4-10(9)18-12/h1-4,8H,5-7H2,(H2,13,14,15,16). The van der Waals surface area contributed by atoms with Crippen molar-refractivity contribution in [1.82, 2.24) is 10.3 Å². The van der Waals surface area contributed by atoms with Crippen LogP contribution in [0.2, 0.25) is 0 Å². The first-order valence-electron chi connectivity index (χ1n) is 5.82. The van der Waals surface area contributed by atoms with E-state index in [1.165, 1.54) is 11.3 Å². The van der Waals surface area contributed by atoms with Crippen LogP contribution in [0.25, 0.3) is 10.2 Å². The van der Waals surface area contributed by atoms with Crippen LogP contribution in [0.5, 0.6) is 0 Å². The topological polar surface area (TPSA) is 63.2 Å². The Hall–Kier alpha value is -1.66. The molecule has 1 aliphatic rings. The van der Waals surface area contributed by atoms with Gasteiger partial charge in [0.1, 0.15) is 0 Å². The fraction of sp³-hybridized carbons (Fsp3) is 0.333. The number of hydrogen-bond acceptors (Lipinski definition) is 4. The van der Waals surface area contributed by atoms with E-state index in [1.807, 2.05) is 24.3 Å². The Labute approximate surface area is 108 Å². The van der Waals surface area contributed by atoms with E-state index < -0.39 is 0 Å². The minimum atomic E-state index is -0.218. The molecule has 0 bridgehead atoms. The smallest absolute Gasteiger partial charge is 0.321 e. The van der Waals surface area contributed by atoms with Gasteiger partial charge >= 0.3 is 6.03 Å². The van der Waals surface area contributed by atoms with Crippen LogP contribution in [0.4, 0.5) is 9.93 Å². The van der Waals surface area contributed by atoms with Crippen molar-refractivity contribution in [3.8, 4) is 0 Å². The molecule has 0 spiro atoms. The molecule has 6 heteroatoms. The van der Waals surface area contributed by atoms with Crippen molar-refractivity contribution in [2.45, 2.75) is 12.5 Å². The quantitative estimate of drug-likeness (QED) is 0.873. The normalized spacial score (nSPS) is 19.0. The monoisotopic (exact) mass is 263 g/mol. The molecule has 1 aromatic heterocycles. The number of carbonyl (C=O) groups excluding carboxylic acids is 1. The molecule has 1 aliphatic heterocycles. The van der Waals surface area contributed by atoms with E-state index in [4.69, 9.17) is 4.74 Å². The minimum absolute atomic E-state index is 0.111. The predicted octanol–water partition coefficient (Wildman–Crippen LogP) is 2.21. The number of thiazole rings is 1. The lowest BCUT2D eigenvalue weighted by molar-refractivity contribution is 0.189. The fourth-order valence-corrected chi connectivity index (χ4v) is 2.75. The Morgan fingerprint density at radius 2 is 2.33 bits per heavy atom. The fourth-order valence-electron chi connectivity index (χ4n) is 1.89. The number of urea groups is 1. The molecule has 0 radical (unpaired) electrons. The molecular weight excluding hydrogens is 250 g/mol. The van der Waals surface area contributed by atoms with Crippen molar-refractivity contribution in [3.05, 3.63) is 24.3 Å².